The molecule has 7 nitrogen and oxygen atoms in total. The fourth-order valence-electron chi connectivity index (χ4n) is 4.78. The van der Waals surface area contributed by atoms with Gasteiger partial charge in [-0.3, -0.25) is 9.78 Å². The van der Waals surface area contributed by atoms with Crippen LogP contribution in [0.25, 0.3) is 17.2 Å². The molecule has 2 aliphatic carbocycles. The number of fused-ring (bicyclic) bond motifs is 3. The van der Waals surface area contributed by atoms with Crippen LogP contribution in [0.5, 0.6) is 0 Å². The van der Waals surface area contributed by atoms with Crippen LogP contribution < -0.4 is 5.32 Å². The van der Waals surface area contributed by atoms with Gasteiger partial charge in [-0.2, -0.15) is 5.10 Å². The Morgan fingerprint density at radius 2 is 1.88 bits per heavy atom. The summed E-state index contributed by atoms with van der Waals surface area (Å²) < 4.78 is 1.77. The lowest BCUT2D eigenvalue weighted by Crippen LogP contribution is -2.34. The molecule has 1 aromatic carbocycles. The number of carbonyl (C=O) groups excluding carboxylic acids is 1. The van der Waals surface area contributed by atoms with Crippen LogP contribution >= 0.6 is 0 Å². The van der Waals surface area contributed by atoms with Crippen LogP contribution in [0, 0.1) is 0 Å². The molecule has 1 atom stereocenters. The maximum absolute atomic E-state index is 13.2. The first-order valence-electron chi connectivity index (χ1n) is 11.9. The zero-order chi connectivity index (χ0) is 23.1. The van der Waals surface area contributed by atoms with Gasteiger partial charge in [0.15, 0.2) is 0 Å². The third-order valence-electron chi connectivity index (χ3n) is 6.61. The molecule has 3 heterocycles. The van der Waals surface area contributed by atoms with Crippen molar-refractivity contribution >= 4 is 5.91 Å². The number of aryl methyl sites for hydroxylation is 2. The van der Waals surface area contributed by atoms with Gasteiger partial charge in [-0.1, -0.05) is 30.3 Å². The van der Waals surface area contributed by atoms with Crippen LogP contribution in [0.1, 0.15) is 58.6 Å². The van der Waals surface area contributed by atoms with Crippen molar-refractivity contribution in [1.82, 2.24) is 30.0 Å². The van der Waals surface area contributed by atoms with E-state index in [4.69, 9.17) is 4.98 Å². The SMILES string of the molecule is C[C@H](Cc1ccccn1)NC(=O)c1cnn(-c2ncc3c(n2)-c2ccccc2CC3)c1C1CC1. The van der Waals surface area contributed by atoms with Crippen molar-refractivity contribution in [2.45, 2.75) is 51.0 Å². The highest BCUT2D eigenvalue weighted by molar-refractivity contribution is 5.95. The monoisotopic (exact) mass is 450 g/mol. The van der Waals surface area contributed by atoms with Crippen molar-refractivity contribution in [2.75, 3.05) is 0 Å². The minimum atomic E-state index is -0.111. The lowest BCUT2D eigenvalue weighted by molar-refractivity contribution is 0.0939. The number of rotatable bonds is 6. The summed E-state index contributed by atoms with van der Waals surface area (Å²) >= 11 is 0. The molecule has 6 rings (SSSR count). The van der Waals surface area contributed by atoms with Crippen LogP contribution in [0.15, 0.2) is 61.1 Å². The fourth-order valence-corrected chi connectivity index (χ4v) is 4.78. The summed E-state index contributed by atoms with van der Waals surface area (Å²) in [4.78, 5) is 27.2. The number of pyridine rings is 1. The van der Waals surface area contributed by atoms with Crippen molar-refractivity contribution < 1.29 is 4.79 Å². The van der Waals surface area contributed by atoms with Crippen LogP contribution in [0.3, 0.4) is 0 Å². The molecular formula is C27H26N6O. The molecule has 34 heavy (non-hydrogen) atoms. The van der Waals surface area contributed by atoms with Gasteiger partial charge in [-0.25, -0.2) is 14.6 Å². The summed E-state index contributed by atoms with van der Waals surface area (Å²) in [7, 11) is 0. The third kappa shape index (κ3) is 3.87. The molecule has 0 radical (unpaired) electrons. The Labute approximate surface area is 198 Å². The number of aromatic nitrogens is 5. The van der Waals surface area contributed by atoms with E-state index in [-0.39, 0.29) is 11.9 Å². The zero-order valence-corrected chi connectivity index (χ0v) is 19.1. The molecule has 0 spiro atoms. The van der Waals surface area contributed by atoms with E-state index in [9.17, 15) is 4.79 Å². The van der Waals surface area contributed by atoms with Crippen molar-refractivity contribution in [3.8, 4) is 17.2 Å². The summed E-state index contributed by atoms with van der Waals surface area (Å²) in [5, 5.41) is 7.71. The maximum atomic E-state index is 13.2. The first-order chi connectivity index (χ1) is 16.7. The second kappa shape index (κ2) is 8.48. The van der Waals surface area contributed by atoms with Crippen molar-refractivity contribution in [2.24, 2.45) is 0 Å². The maximum Gasteiger partial charge on any atom is 0.255 e. The molecule has 0 unspecified atom stereocenters. The quantitative estimate of drug-likeness (QED) is 0.479. The smallest absolute Gasteiger partial charge is 0.255 e. The van der Waals surface area contributed by atoms with Crippen LogP contribution in [0.2, 0.25) is 0 Å². The molecule has 0 bridgehead atoms. The van der Waals surface area contributed by atoms with Gasteiger partial charge in [-0.05, 0) is 55.9 Å². The van der Waals surface area contributed by atoms with Gasteiger partial charge in [0.05, 0.1) is 23.1 Å². The van der Waals surface area contributed by atoms with E-state index in [1.165, 1.54) is 5.56 Å². The van der Waals surface area contributed by atoms with Crippen LogP contribution in [0.4, 0.5) is 0 Å². The first-order valence-corrected chi connectivity index (χ1v) is 11.9. The van der Waals surface area contributed by atoms with Gasteiger partial charge in [0.1, 0.15) is 0 Å². The minimum Gasteiger partial charge on any atom is -0.349 e. The molecule has 0 saturated heterocycles. The molecule has 1 fully saturated rings. The van der Waals surface area contributed by atoms with Crippen LogP contribution in [-0.2, 0) is 19.3 Å². The standard InChI is InChI=1S/C27H26N6O/c1-17(14-21-7-4-5-13-28-21)31-26(34)23-16-30-33(25(23)19-10-11-19)27-29-15-20-12-9-18-6-2-3-8-22(18)24(20)32-27/h2-8,13,15-17,19H,9-12,14H2,1H3,(H,31,34)/t17-/m1/s1. The normalized spacial score (nSPS) is 15.3. The van der Waals surface area contributed by atoms with Gasteiger partial charge in [0.25, 0.3) is 11.9 Å². The van der Waals surface area contributed by atoms with E-state index in [0.29, 0.717) is 23.9 Å². The molecule has 1 amide bonds. The summed E-state index contributed by atoms with van der Waals surface area (Å²) in [5.41, 5.74) is 7.07. The Kier molecular flexibility index (Phi) is 5.17. The topological polar surface area (TPSA) is 85.6 Å². The van der Waals surface area contributed by atoms with Crippen LogP contribution in [-0.4, -0.2) is 36.7 Å². The number of amides is 1. The number of nitrogens with one attached hydrogen (secondary N) is 1. The molecule has 0 aliphatic heterocycles. The first kappa shape index (κ1) is 20.7. The average molecular weight is 451 g/mol. The number of nitrogens with zero attached hydrogens (tertiary/aromatic N) is 5. The summed E-state index contributed by atoms with van der Waals surface area (Å²) in [6.45, 7) is 2.00. The molecule has 170 valence electrons. The predicted molar refractivity (Wildman–Crippen MR) is 129 cm³/mol. The predicted octanol–water partition coefficient (Wildman–Crippen LogP) is 4.06. The Balaban J connectivity index is 1.30. The second-order valence-corrected chi connectivity index (χ2v) is 9.23. The number of hydrogen-bond donors (Lipinski definition) is 1. The number of benzene rings is 1. The van der Waals surface area contributed by atoms with Crippen molar-refractivity contribution in [3.63, 3.8) is 0 Å². The number of hydrogen-bond acceptors (Lipinski definition) is 5. The van der Waals surface area contributed by atoms with E-state index in [1.807, 2.05) is 37.4 Å². The lowest BCUT2D eigenvalue weighted by Gasteiger charge is -2.19. The highest BCUT2D eigenvalue weighted by Gasteiger charge is 2.34. The molecular weight excluding hydrogens is 424 g/mol. The molecule has 7 heteroatoms. The van der Waals surface area contributed by atoms with E-state index >= 15 is 0 Å². The van der Waals surface area contributed by atoms with Gasteiger partial charge < -0.3 is 5.32 Å². The Hall–Kier alpha value is -3.87. The minimum absolute atomic E-state index is 0.0469. The van der Waals surface area contributed by atoms with E-state index in [1.54, 1.807) is 17.1 Å². The lowest BCUT2D eigenvalue weighted by atomic mass is 9.90. The van der Waals surface area contributed by atoms with Gasteiger partial charge in [0.2, 0.25) is 0 Å². The van der Waals surface area contributed by atoms with Gasteiger partial charge in [-0.15, -0.1) is 0 Å². The molecule has 2 aliphatic rings. The summed E-state index contributed by atoms with van der Waals surface area (Å²) in [6.07, 6.45) is 10.0. The molecule has 1 saturated carbocycles. The highest BCUT2D eigenvalue weighted by atomic mass is 16.1. The summed E-state index contributed by atoms with van der Waals surface area (Å²) in [5.74, 6) is 0.721. The van der Waals surface area contributed by atoms with Gasteiger partial charge >= 0.3 is 0 Å². The highest BCUT2D eigenvalue weighted by Crippen LogP contribution is 2.42. The third-order valence-corrected chi connectivity index (χ3v) is 6.61. The molecule has 3 aromatic heterocycles. The van der Waals surface area contributed by atoms with E-state index in [0.717, 1.165) is 53.9 Å². The Morgan fingerprint density at radius 1 is 1.06 bits per heavy atom. The zero-order valence-electron chi connectivity index (χ0n) is 19.1. The molecule has 4 aromatic rings. The molecule has 1 N–H and O–H groups in total. The van der Waals surface area contributed by atoms with Gasteiger partial charge in [0, 0.05) is 42.0 Å². The fraction of sp³-hybridized carbons (Fsp3) is 0.296. The van der Waals surface area contributed by atoms with Crippen molar-refractivity contribution in [1.29, 1.82) is 0 Å². The summed E-state index contributed by atoms with van der Waals surface area (Å²) in [6, 6.07) is 14.2. The number of carbonyl (C=O) groups is 1. The van der Waals surface area contributed by atoms with Crippen molar-refractivity contribution in [3.05, 3.63) is 89.1 Å². The second-order valence-electron chi connectivity index (χ2n) is 9.23. The average Bonchev–Trinajstić information content (AvgIpc) is 3.61. The largest absolute Gasteiger partial charge is 0.349 e. The Morgan fingerprint density at radius 3 is 2.71 bits per heavy atom. The van der Waals surface area contributed by atoms with E-state index in [2.05, 4.69) is 38.6 Å². The van der Waals surface area contributed by atoms with E-state index < -0.39 is 0 Å². The Bertz CT molecular complexity index is 1360.